The van der Waals surface area contributed by atoms with Gasteiger partial charge in [-0.05, 0) is 74.5 Å². The first-order chi connectivity index (χ1) is 14.9. The molecule has 7 nitrogen and oxygen atoms in total. The number of hydrogen-bond donors (Lipinski definition) is 2. The van der Waals surface area contributed by atoms with Gasteiger partial charge in [0.25, 0.3) is 0 Å². The topological polar surface area (TPSA) is 93.9 Å². The van der Waals surface area contributed by atoms with Crippen molar-refractivity contribution in [1.82, 2.24) is 4.90 Å². The van der Waals surface area contributed by atoms with Gasteiger partial charge in [0, 0.05) is 19.1 Å². The second kappa shape index (κ2) is 7.57. The van der Waals surface area contributed by atoms with Gasteiger partial charge >= 0.3 is 12.1 Å². The zero-order chi connectivity index (χ0) is 21.8. The number of amides is 1. The molecule has 1 aromatic rings. The van der Waals surface area contributed by atoms with E-state index in [1.165, 1.54) is 19.2 Å². The van der Waals surface area contributed by atoms with Crippen molar-refractivity contribution in [2.24, 2.45) is 23.2 Å². The van der Waals surface area contributed by atoms with Crippen LogP contribution in [0.4, 0.5) is 20.6 Å². The standard InChI is InChI=1S/C23H30FN3O4/c1-30-21(28)23-9-13-6-14(10-23)20(15(7-13)11-23)31-22(29)27-5-4-17(12-27)26-19-3-2-16(24)8-18(19)25/h2-3,8,13-15,17,20,26H,4-7,9-12,25H2,1H3/t13?,14-,15?,17?,20?,23?/m0/s1. The molecule has 1 heterocycles. The van der Waals surface area contributed by atoms with Gasteiger partial charge in [0.1, 0.15) is 11.9 Å². The fourth-order valence-corrected chi connectivity index (χ4v) is 6.76. The van der Waals surface area contributed by atoms with E-state index in [1.807, 2.05) is 0 Å². The highest BCUT2D eigenvalue weighted by Gasteiger charge is 2.60. The Morgan fingerprint density at radius 2 is 1.97 bits per heavy atom. The number of anilines is 2. The molecular weight excluding hydrogens is 401 g/mol. The van der Waals surface area contributed by atoms with Gasteiger partial charge in [-0.25, -0.2) is 9.18 Å². The van der Waals surface area contributed by atoms with Crippen molar-refractivity contribution < 1.29 is 23.5 Å². The molecule has 1 saturated heterocycles. The smallest absolute Gasteiger partial charge is 0.410 e. The Hall–Kier alpha value is -2.51. The molecule has 8 heteroatoms. The summed E-state index contributed by atoms with van der Waals surface area (Å²) in [7, 11) is 1.47. The summed E-state index contributed by atoms with van der Waals surface area (Å²) in [5, 5.41) is 3.31. The summed E-state index contributed by atoms with van der Waals surface area (Å²) < 4.78 is 24.4. The number of methoxy groups -OCH3 is 1. The molecule has 5 aliphatic rings. The normalized spacial score (nSPS) is 35.8. The van der Waals surface area contributed by atoms with Gasteiger partial charge in [-0.3, -0.25) is 4.79 Å². The number of esters is 1. The maximum absolute atomic E-state index is 13.3. The molecule has 0 aromatic heterocycles. The van der Waals surface area contributed by atoms with Crippen LogP contribution in [0.2, 0.25) is 0 Å². The highest BCUT2D eigenvalue weighted by atomic mass is 19.1. The third-order valence-electron chi connectivity index (χ3n) is 7.86. The van der Waals surface area contributed by atoms with Crippen LogP contribution in [-0.2, 0) is 14.3 Å². The molecule has 1 amide bonds. The van der Waals surface area contributed by atoms with E-state index < -0.39 is 0 Å². The van der Waals surface area contributed by atoms with Crippen LogP contribution in [0, 0.1) is 29.0 Å². The number of carbonyl (C=O) groups excluding carboxylic acids is 2. The van der Waals surface area contributed by atoms with E-state index in [0.717, 1.165) is 38.5 Å². The Balaban J connectivity index is 1.19. The molecule has 4 aliphatic carbocycles. The van der Waals surface area contributed by atoms with Gasteiger partial charge in [0.15, 0.2) is 0 Å². The third kappa shape index (κ3) is 3.59. The van der Waals surface area contributed by atoms with Gasteiger partial charge in [-0.1, -0.05) is 0 Å². The lowest BCUT2D eigenvalue weighted by atomic mass is 9.48. The molecule has 1 aliphatic heterocycles. The first kappa shape index (κ1) is 20.4. The molecule has 5 unspecified atom stereocenters. The van der Waals surface area contributed by atoms with Gasteiger partial charge in [-0.15, -0.1) is 0 Å². The second-order valence-electron chi connectivity index (χ2n) is 9.90. The van der Waals surface area contributed by atoms with Crippen molar-refractivity contribution in [3.8, 4) is 0 Å². The molecule has 4 bridgehead atoms. The van der Waals surface area contributed by atoms with Crippen LogP contribution in [0.5, 0.6) is 0 Å². The highest BCUT2D eigenvalue weighted by Crippen LogP contribution is 2.61. The van der Waals surface area contributed by atoms with Crippen molar-refractivity contribution in [3.63, 3.8) is 0 Å². The minimum Gasteiger partial charge on any atom is -0.469 e. The second-order valence-corrected chi connectivity index (χ2v) is 9.90. The summed E-state index contributed by atoms with van der Waals surface area (Å²) in [4.78, 5) is 27.1. The number of nitrogens with two attached hydrogens (primary N) is 1. The number of ether oxygens (including phenoxy) is 2. The SMILES string of the molecule is COC(=O)C12CC3CC(C1)C(OC(=O)N1CCC(Nc4ccc(F)cc4N)C1)[C@@H](C3)C2. The Bertz CT molecular complexity index is 878. The van der Waals surface area contributed by atoms with E-state index in [1.54, 1.807) is 11.0 Å². The van der Waals surface area contributed by atoms with Crippen LogP contribution in [-0.4, -0.2) is 49.3 Å². The lowest BCUT2D eigenvalue weighted by Gasteiger charge is -2.57. The van der Waals surface area contributed by atoms with E-state index in [2.05, 4.69) is 5.32 Å². The number of likely N-dealkylation sites (tertiary alicyclic amines) is 1. The Kier molecular flexibility index (Phi) is 4.98. The minimum absolute atomic E-state index is 0.0430. The van der Waals surface area contributed by atoms with Crippen molar-refractivity contribution in [1.29, 1.82) is 0 Å². The highest BCUT2D eigenvalue weighted by molar-refractivity contribution is 5.77. The third-order valence-corrected chi connectivity index (χ3v) is 7.86. The molecule has 0 spiro atoms. The number of carbonyl (C=O) groups is 2. The average Bonchev–Trinajstić information content (AvgIpc) is 3.20. The van der Waals surface area contributed by atoms with Crippen LogP contribution in [0.25, 0.3) is 0 Å². The fraction of sp³-hybridized carbons (Fsp3) is 0.652. The molecule has 168 valence electrons. The number of hydrogen-bond acceptors (Lipinski definition) is 6. The van der Waals surface area contributed by atoms with Crippen LogP contribution < -0.4 is 11.1 Å². The first-order valence-electron chi connectivity index (χ1n) is 11.2. The van der Waals surface area contributed by atoms with E-state index in [-0.39, 0.29) is 47.3 Å². The van der Waals surface area contributed by atoms with Crippen LogP contribution in [0.3, 0.4) is 0 Å². The molecular formula is C23H30FN3O4. The van der Waals surface area contributed by atoms with Crippen molar-refractivity contribution >= 4 is 23.4 Å². The molecule has 4 saturated carbocycles. The largest absolute Gasteiger partial charge is 0.469 e. The average molecular weight is 432 g/mol. The van der Waals surface area contributed by atoms with Gasteiger partial charge in [-0.2, -0.15) is 0 Å². The van der Waals surface area contributed by atoms with Crippen molar-refractivity contribution in [3.05, 3.63) is 24.0 Å². The van der Waals surface area contributed by atoms with Crippen LogP contribution >= 0.6 is 0 Å². The molecule has 31 heavy (non-hydrogen) atoms. The molecule has 6 rings (SSSR count). The Morgan fingerprint density at radius 3 is 2.65 bits per heavy atom. The summed E-state index contributed by atoms with van der Waals surface area (Å²) in [6.07, 6.45) is 4.89. The summed E-state index contributed by atoms with van der Waals surface area (Å²) in [5.74, 6) is 0.553. The van der Waals surface area contributed by atoms with E-state index in [9.17, 15) is 14.0 Å². The summed E-state index contributed by atoms with van der Waals surface area (Å²) in [5.41, 5.74) is 6.55. The number of nitrogens with one attached hydrogen (secondary N) is 1. The number of halogens is 1. The Morgan fingerprint density at radius 1 is 1.23 bits per heavy atom. The molecule has 3 N–H and O–H groups in total. The predicted molar refractivity (Wildman–Crippen MR) is 113 cm³/mol. The van der Waals surface area contributed by atoms with Crippen molar-refractivity contribution in [2.75, 3.05) is 31.2 Å². The number of rotatable bonds is 4. The first-order valence-corrected chi connectivity index (χ1v) is 11.2. The van der Waals surface area contributed by atoms with E-state index in [0.29, 0.717) is 30.4 Å². The number of nitrogen functional groups attached to an aromatic ring is 1. The molecule has 1 aromatic carbocycles. The summed E-state index contributed by atoms with van der Waals surface area (Å²) in [6.45, 7) is 1.13. The number of benzene rings is 1. The van der Waals surface area contributed by atoms with Crippen molar-refractivity contribution in [2.45, 2.75) is 50.7 Å². The lowest BCUT2D eigenvalue weighted by molar-refractivity contribution is -0.182. The minimum atomic E-state index is -0.371. The number of nitrogens with zero attached hydrogens (tertiary/aromatic N) is 1. The fourth-order valence-electron chi connectivity index (χ4n) is 6.76. The van der Waals surface area contributed by atoms with Gasteiger partial charge in [0.05, 0.1) is 23.9 Å². The monoisotopic (exact) mass is 431 g/mol. The maximum atomic E-state index is 13.3. The predicted octanol–water partition coefficient (Wildman–Crippen LogP) is 3.40. The molecule has 5 fully saturated rings. The zero-order valence-corrected chi connectivity index (χ0v) is 17.8. The summed E-state index contributed by atoms with van der Waals surface area (Å²) in [6, 6.07) is 4.32. The van der Waals surface area contributed by atoms with E-state index >= 15 is 0 Å². The lowest BCUT2D eigenvalue weighted by Crippen LogP contribution is -2.58. The van der Waals surface area contributed by atoms with Crippen LogP contribution in [0.1, 0.15) is 38.5 Å². The Labute approximate surface area is 181 Å². The zero-order valence-electron chi connectivity index (χ0n) is 17.8. The van der Waals surface area contributed by atoms with Gasteiger partial charge in [0.2, 0.25) is 0 Å². The quantitative estimate of drug-likeness (QED) is 0.561. The molecule has 0 radical (unpaired) electrons. The van der Waals surface area contributed by atoms with Crippen LogP contribution in [0.15, 0.2) is 18.2 Å². The van der Waals surface area contributed by atoms with Gasteiger partial charge < -0.3 is 25.4 Å². The summed E-state index contributed by atoms with van der Waals surface area (Å²) >= 11 is 0. The molecule has 6 atom stereocenters. The van der Waals surface area contributed by atoms with E-state index in [4.69, 9.17) is 15.2 Å². The maximum Gasteiger partial charge on any atom is 0.410 e.